The molecule has 1 atom stereocenters. The second-order valence-corrected chi connectivity index (χ2v) is 4.78. The van der Waals surface area contributed by atoms with Crippen LogP contribution in [0.3, 0.4) is 0 Å². The van der Waals surface area contributed by atoms with Gasteiger partial charge < -0.3 is 19.9 Å². The quantitative estimate of drug-likeness (QED) is 0.649. The van der Waals surface area contributed by atoms with Crippen LogP contribution in [0.1, 0.15) is 17.2 Å². The second-order valence-electron chi connectivity index (χ2n) is 4.78. The zero-order chi connectivity index (χ0) is 17.0. The van der Waals surface area contributed by atoms with Gasteiger partial charge in [0.2, 0.25) is 5.75 Å². The van der Waals surface area contributed by atoms with Crippen LogP contribution >= 0.6 is 0 Å². The molecule has 2 N–H and O–H groups in total. The van der Waals surface area contributed by atoms with E-state index in [1.807, 2.05) is 12.1 Å². The summed E-state index contributed by atoms with van der Waals surface area (Å²) in [6, 6.07) is 9.68. The van der Waals surface area contributed by atoms with Crippen LogP contribution in [0.25, 0.3) is 0 Å². The number of nitrogens with two attached hydrogens (primary N) is 1. The van der Waals surface area contributed by atoms with Gasteiger partial charge in [-0.15, -0.1) is 0 Å². The van der Waals surface area contributed by atoms with E-state index in [1.54, 1.807) is 25.3 Å². The molecular weight excluding hydrogens is 300 g/mol. The van der Waals surface area contributed by atoms with E-state index in [0.717, 1.165) is 5.56 Å². The zero-order valence-electron chi connectivity index (χ0n) is 13.1. The van der Waals surface area contributed by atoms with Crippen LogP contribution in [0.15, 0.2) is 36.4 Å². The van der Waals surface area contributed by atoms with Gasteiger partial charge in [-0.1, -0.05) is 12.1 Å². The van der Waals surface area contributed by atoms with Gasteiger partial charge in [0.15, 0.2) is 5.75 Å². The summed E-state index contributed by atoms with van der Waals surface area (Å²) in [6.07, 6.45) is 0. The summed E-state index contributed by atoms with van der Waals surface area (Å²) in [5.74, 6) is 1.04. The summed E-state index contributed by atoms with van der Waals surface area (Å²) in [4.78, 5) is 10.7. The largest absolute Gasteiger partial charge is 0.497 e. The molecule has 7 heteroatoms. The second kappa shape index (κ2) is 6.97. The molecule has 2 aromatic carbocycles. The summed E-state index contributed by atoms with van der Waals surface area (Å²) >= 11 is 0. The standard InChI is InChI=1S/C16H18N2O5/c1-21-12-6-4-10(5-7-12)15(17)11-8-13(18(19)20)16(23-3)14(9-11)22-2/h4-9,15H,17H2,1-3H3. The molecule has 0 radical (unpaired) electrons. The lowest BCUT2D eigenvalue weighted by Gasteiger charge is -2.16. The fourth-order valence-corrected chi connectivity index (χ4v) is 2.28. The number of methoxy groups -OCH3 is 3. The van der Waals surface area contributed by atoms with E-state index in [-0.39, 0.29) is 17.2 Å². The number of nitrogens with zero attached hydrogens (tertiary/aromatic N) is 1. The maximum atomic E-state index is 11.3. The number of hydrogen-bond acceptors (Lipinski definition) is 6. The molecule has 0 saturated heterocycles. The van der Waals surface area contributed by atoms with Gasteiger partial charge in [0, 0.05) is 6.07 Å². The lowest BCUT2D eigenvalue weighted by Crippen LogP contribution is -2.12. The van der Waals surface area contributed by atoms with Crippen molar-refractivity contribution in [1.82, 2.24) is 0 Å². The number of nitro benzene ring substituents is 1. The molecule has 1 unspecified atom stereocenters. The average molecular weight is 318 g/mol. The molecule has 2 rings (SSSR count). The smallest absolute Gasteiger partial charge is 0.315 e. The van der Waals surface area contributed by atoms with Crippen molar-refractivity contribution in [3.05, 3.63) is 57.6 Å². The number of nitro groups is 1. The molecule has 0 fully saturated rings. The van der Waals surface area contributed by atoms with Crippen molar-refractivity contribution < 1.29 is 19.1 Å². The van der Waals surface area contributed by atoms with Gasteiger partial charge in [-0.3, -0.25) is 10.1 Å². The van der Waals surface area contributed by atoms with Gasteiger partial charge in [0.1, 0.15) is 5.75 Å². The molecule has 0 aromatic heterocycles. The fourth-order valence-electron chi connectivity index (χ4n) is 2.28. The molecule has 0 saturated carbocycles. The zero-order valence-corrected chi connectivity index (χ0v) is 13.1. The van der Waals surface area contributed by atoms with E-state index >= 15 is 0 Å². The van der Waals surface area contributed by atoms with Gasteiger partial charge in [-0.25, -0.2) is 0 Å². The predicted octanol–water partition coefficient (Wildman–Crippen LogP) is 2.67. The van der Waals surface area contributed by atoms with Gasteiger partial charge in [-0.2, -0.15) is 0 Å². The minimum Gasteiger partial charge on any atom is -0.497 e. The molecule has 0 heterocycles. The molecule has 23 heavy (non-hydrogen) atoms. The van der Waals surface area contributed by atoms with Gasteiger partial charge >= 0.3 is 5.69 Å². The summed E-state index contributed by atoms with van der Waals surface area (Å²) in [5, 5.41) is 11.3. The number of hydrogen-bond donors (Lipinski definition) is 1. The van der Waals surface area contributed by atoms with Crippen LogP contribution in [-0.4, -0.2) is 26.3 Å². The van der Waals surface area contributed by atoms with Crippen LogP contribution in [0, 0.1) is 10.1 Å². The van der Waals surface area contributed by atoms with Crippen molar-refractivity contribution in [3.8, 4) is 17.2 Å². The van der Waals surface area contributed by atoms with Crippen molar-refractivity contribution in [2.75, 3.05) is 21.3 Å². The van der Waals surface area contributed by atoms with Crippen LogP contribution in [0.5, 0.6) is 17.2 Å². The summed E-state index contributed by atoms with van der Waals surface area (Å²) in [6.45, 7) is 0. The number of ether oxygens (including phenoxy) is 3. The molecule has 0 bridgehead atoms. The van der Waals surface area contributed by atoms with Crippen LogP contribution in [0.4, 0.5) is 5.69 Å². The Morgan fingerprint density at radius 3 is 2.13 bits per heavy atom. The van der Waals surface area contributed by atoms with Crippen LogP contribution in [-0.2, 0) is 0 Å². The SMILES string of the molecule is COc1ccc(C(N)c2cc(OC)c(OC)c([N+](=O)[O-])c2)cc1. The Morgan fingerprint density at radius 1 is 1.00 bits per heavy atom. The van der Waals surface area contributed by atoms with E-state index in [1.165, 1.54) is 20.3 Å². The predicted molar refractivity (Wildman–Crippen MR) is 85.2 cm³/mol. The van der Waals surface area contributed by atoms with Gasteiger partial charge in [-0.05, 0) is 29.3 Å². The highest BCUT2D eigenvalue weighted by atomic mass is 16.6. The third kappa shape index (κ3) is 3.35. The molecular formula is C16H18N2O5. The topological polar surface area (TPSA) is 96.9 Å². The fraction of sp³-hybridized carbons (Fsp3) is 0.250. The third-order valence-corrected chi connectivity index (χ3v) is 3.51. The van der Waals surface area contributed by atoms with E-state index in [4.69, 9.17) is 19.9 Å². The Kier molecular flexibility index (Phi) is 5.02. The summed E-state index contributed by atoms with van der Waals surface area (Å²) < 4.78 is 15.4. The maximum absolute atomic E-state index is 11.3. The highest BCUT2D eigenvalue weighted by Crippen LogP contribution is 2.40. The monoisotopic (exact) mass is 318 g/mol. The Balaban J connectivity index is 2.48. The first-order valence-corrected chi connectivity index (χ1v) is 6.81. The van der Waals surface area contributed by atoms with Crippen molar-refractivity contribution in [2.45, 2.75) is 6.04 Å². The first-order valence-electron chi connectivity index (χ1n) is 6.81. The lowest BCUT2D eigenvalue weighted by molar-refractivity contribution is -0.385. The minimum absolute atomic E-state index is 0.0724. The molecule has 0 aliphatic heterocycles. The molecule has 7 nitrogen and oxygen atoms in total. The molecule has 0 aliphatic rings. The van der Waals surface area contributed by atoms with Crippen molar-refractivity contribution >= 4 is 5.69 Å². The van der Waals surface area contributed by atoms with E-state index < -0.39 is 11.0 Å². The Morgan fingerprint density at radius 2 is 1.65 bits per heavy atom. The van der Waals surface area contributed by atoms with E-state index in [9.17, 15) is 10.1 Å². The van der Waals surface area contributed by atoms with Crippen molar-refractivity contribution in [1.29, 1.82) is 0 Å². The minimum atomic E-state index is -0.542. The Hall–Kier alpha value is -2.80. The molecule has 0 spiro atoms. The molecule has 122 valence electrons. The van der Waals surface area contributed by atoms with Crippen LogP contribution < -0.4 is 19.9 Å². The van der Waals surface area contributed by atoms with Crippen molar-refractivity contribution in [3.63, 3.8) is 0 Å². The maximum Gasteiger partial charge on any atom is 0.315 e. The highest BCUT2D eigenvalue weighted by molar-refractivity contribution is 5.59. The summed E-state index contributed by atoms with van der Waals surface area (Å²) in [5.41, 5.74) is 7.40. The first kappa shape index (κ1) is 16.6. The first-order chi connectivity index (χ1) is 11.0. The molecule has 0 aliphatic carbocycles. The Labute approximate surface area is 133 Å². The van der Waals surface area contributed by atoms with Gasteiger partial charge in [0.25, 0.3) is 0 Å². The molecule has 0 amide bonds. The van der Waals surface area contributed by atoms with Gasteiger partial charge in [0.05, 0.1) is 32.3 Å². The third-order valence-electron chi connectivity index (χ3n) is 3.51. The average Bonchev–Trinajstić information content (AvgIpc) is 2.59. The molecule has 2 aromatic rings. The van der Waals surface area contributed by atoms with Crippen molar-refractivity contribution in [2.24, 2.45) is 5.73 Å². The summed E-state index contributed by atoms with van der Waals surface area (Å²) in [7, 11) is 4.35. The number of benzene rings is 2. The van der Waals surface area contributed by atoms with Crippen LogP contribution in [0.2, 0.25) is 0 Å². The van der Waals surface area contributed by atoms with E-state index in [2.05, 4.69) is 0 Å². The van der Waals surface area contributed by atoms with E-state index in [0.29, 0.717) is 11.3 Å². The normalized spacial score (nSPS) is 11.7. The number of rotatable bonds is 6. The highest BCUT2D eigenvalue weighted by Gasteiger charge is 2.24. The Bertz CT molecular complexity index is 700. The lowest BCUT2D eigenvalue weighted by atomic mass is 9.98.